The molecule has 8 heteroatoms. The Hall–Kier alpha value is -2.22. The molecule has 0 aliphatic heterocycles. The van der Waals surface area contributed by atoms with Crippen LogP contribution in [0.15, 0.2) is 18.5 Å². The van der Waals surface area contributed by atoms with Crippen LogP contribution in [-0.4, -0.2) is 51.0 Å². The summed E-state index contributed by atoms with van der Waals surface area (Å²) in [6, 6.07) is 1.83. The van der Waals surface area contributed by atoms with Crippen LogP contribution in [0.5, 0.6) is 0 Å². The summed E-state index contributed by atoms with van der Waals surface area (Å²) in [5.41, 5.74) is 0. The maximum Gasteiger partial charge on any atom is 0.257 e. The Kier molecular flexibility index (Phi) is 5.89. The van der Waals surface area contributed by atoms with E-state index < -0.39 is 0 Å². The van der Waals surface area contributed by atoms with E-state index in [1.54, 1.807) is 17.1 Å². The number of aromatic nitrogens is 5. The number of anilines is 2. The fourth-order valence-electron chi connectivity index (χ4n) is 1.69. The van der Waals surface area contributed by atoms with E-state index in [4.69, 9.17) is 4.74 Å². The van der Waals surface area contributed by atoms with Gasteiger partial charge in [-0.2, -0.15) is 20.1 Å². The van der Waals surface area contributed by atoms with Gasteiger partial charge in [-0.25, -0.2) is 4.68 Å². The predicted molar refractivity (Wildman–Crippen MR) is 80.7 cm³/mol. The fraction of sp³-hybridized carbons (Fsp3) is 0.538. The molecule has 0 radical (unpaired) electrons. The minimum Gasteiger partial charge on any atom is -0.382 e. The third-order valence-electron chi connectivity index (χ3n) is 2.62. The highest BCUT2D eigenvalue weighted by molar-refractivity contribution is 5.37. The first-order valence-electron chi connectivity index (χ1n) is 7.15. The van der Waals surface area contributed by atoms with Crippen molar-refractivity contribution < 1.29 is 4.74 Å². The van der Waals surface area contributed by atoms with E-state index >= 15 is 0 Å². The summed E-state index contributed by atoms with van der Waals surface area (Å²) in [5, 5.41) is 10.4. The molecule has 2 N–H and O–H groups in total. The lowest BCUT2D eigenvalue weighted by Gasteiger charge is -2.09. The summed E-state index contributed by atoms with van der Waals surface area (Å²) >= 11 is 0. The summed E-state index contributed by atoms with van der Waals surface area (Å²) < 4.78 is 6.90. The Morgan fingerprint density at radius 2 is 1.95 bits per heavy atom. The zero-order valence-corrected chi connectivity index (χ0v) is 12.4. The van der Waals surface area contributed by atoms with Crippen molar-refractivity contribution in [3.8, 4) is 5.95 Å². The van der Waals surface area contributed by atoms with E-state index in [0.29, 0.717) is 17.8 Å². The lowest BCUT2D eigenvalue weighted by molar-refractivity contribution is 0.147. The number of rotatable bonds is 9. The third kappa shape index (κ3) is 4.67. The molecule has 0 unspecified atom stereocenters. The molecule has 2 rings (SSSR count). The molecule has 0 amide bonds. The SMILES string of the molecule is CCNc1nc(NCCCOCC)nc(-n2cccn2)n1. The summed E-state index contributed by atoms with van der Waals surface area (Å²) in [6.07, 6.45) is 4.38. The molecule has 8 nitrogen and oxygen atoms in total. The average Bonchev–Trinajstić information content (AvgIpc) is 3.01. The molecular formula is C13H21N7O. The van der Waals surface area contributed by atoms with Gasteiger partial charge in [0.05, 0.1) is 0 Å². The summed E-state index contributed by atoms with van der Waals surface area (Å²) in [4.78, 5) is 13.0. The second kappa shape index (κ2) is 8.15. The van der Waals surface area contributed by atoms with E-state index in [1.807, 2.05) is 19.9 Å². The lowest BCUT2D eigenvalue weighted by atomic mass is 10.4. The Morgan fingerprint density at radius 1 is 1.14 bits per heavy atom. The van der Waals surface area contributed by atoms with Gasteiger partial charge in [0.1, 0.15) is 0 Å². The number of hydrogen-bond donors (Lipinski definition) is 2. The Morgan fingerprint density at radius 3 is 2.62 bits per heavy atom. The molecule has 0 aliphatic carbocycles. The van der Waals surface area contributed by atoms with Crippen LogP contribution in [0.4, 0.5) is 11.9 Å². The van der Waals surface area contributed by atoms with E-state index in [0.717, 1.165) is 32.7 Å². The minimum atomic E-state index is 0.484. The van der Waals surface area contributed by atoms with Crippen LogP contribution in [0, 0.1) is 0 Å². The second-order valence-electron chi connectivity index (χ2n) is 4.24. The molecule has 0 atom stereocenters. The van der Waals surface area contributed by atoms with Gasteiger partial charge in [-0.3, -0.25) is 0 Å². The van der Waals surface area contributed by atoms with Gasteiger partial charge in [0, 0.05) is 38.7 Å². The first-order chi connectivity index (χ1) is 10.3. The minimum absolute atomic E-state index is 0.484. The van der Waals surface area contributed by atoms with Crippen molar-refractivity contribution in [2.75, 3.05) is 36.9 Å². The van der Waals surface area contributed by atoms with E-state index in [9.17, 15) is 0 Å². The smallest absolute Gasteiger partial charge is 0.257 e. The topological polar surface area (TPSA) is 89.8 Å². The van der Waals surface area contributed by atoms with Crippen LogP contribution in [0.3, 0.4) is 0 Å². The molecule has 0 aliphatic rings. The molecule has 2 heterocycles. The Bertz CT molecular complexity index is 529. The van der Waals surface area contributed by atoms with Crippen molar-refractivity contribution in [3.05, 3.63) is 18.5 Å². The normalized spacial score (nSPS) is 10.6. The summed E-state index contributed by atoms with van der Waals surface area (Å²) in [6.45, 7) is 6.92. The molecular weight excluding hydrogens is 270 g/mol. The van der Waals surface area contributed by atoms with Crippen molar-refractivity contribution >= 4 is 11.9 Å². The van der Waals surface area contributed by atoms with Gasteiger partial charge in [-0.05, 0) is 26.3 Å². The van der Waals surface area contributed by atoms with Gasteiger partial charge in [0.25, 0.3) is 5.95 Å². The Balaban J connectivity index is 2.05. The second-order valence-corrected chi connectivity index (χ2v) is 4.24. The molecule has 0 fully saturated rings. The van der Waals surface area contributed by atoms with Crippen molar-refractivity contribution in [2.45, 2.75) is 20.3 Å². The van der Waals surface area contributed by atoms with Gasteiger partial charge in [0.15, 0.2) is 0 Å². The Labute approximate surface area is 124 Å². The van der Waals surface area contributed by atoms with E-state index in [2.05, 4.69) is 30.7 Å². The van der Waals surface area contributed by atoms with Crippen molar-refractivity contribution in [3.63, 3.8) is 0 Å². The molecule has 0 saturated heterocycles. The first kappa shape index (κ1) is 15.2. The van der Waals surface area contributed by atoms with Crippen LogP contribution in [0.2, 0.25) is 0 Å². The molecule has 0 saturated carbocycles. The largest absolute Gasteiger partial charge is 0.382 e. The summed E-state index contributed by atoms with van der Waals surface area (Å²) in [5.74, 6) is 1.55. The van der Waals surface area contributed by atoms with Crippen LogP contribution in [-0.2, 0) is 4.74 Å². The number of nitrogens with one attached hydrogen (secondary N) is 2. The summed E-state index contributed by atoms with van der Waals surface area (Å²) in [7, 11) is 0. The van der Waals surface area contributed by atoms with Gasteiger partial charge in [-0.1, -0.05) is 0 Å². The highest BCUT2D eigenvalue weighted by Crippen LogP contribution is 2.08. The van der Waals surface area contributed by atoms with E-state index in [-0.39, 0.29) is 0 Å². The standard InChI is InChI=1S/C13H21N7O/c1-3-14-11-17-12(15-7-6-10-21-4-2)19-13(18-11)20-9-5-8-16-20/h5,8-9H,3-4,6-7,10H2,1-2H3,(H2,14,15,17,18,19). The molecule has 2 aromatic heterocycles. The van der Waals surface area contributed by atoms with Crippen LogP contribution < -0.4 is 10.6 Å². The van der Waals surface area contributed by atoms with Crippen LogP contribution in [0.1, 0.15) is 20.3 Å². The quantitative estimate of drug-likeness (QED) is 0.673. The maximum absolute atomic E-state index is 5.30. The first-order valence-corrected chi connectivity index (χ1v) is 7.15. The van der Waals surface area contributed by atoms with Crippen molar-refractivity contribution in [2.24, 2.45) is 0 Å². The number of nitrogens with zero attached hydrogens (tertiary/aromatic N) is 5. The average molecular weight is 291 g/mol. The zero-order valence-electron chi connectivity index (χ0n) is 12.4. The van der Waals surface area contributed by atoms with Gasteiger partial charge < -0.3 is 15.4 Å². The fourth-order valence-corrected chi connectivity index (χ4v) is 1.69. The molecule has 114 valence electrons. The number of ether oxygens (including phenoxy) is 1. The van der Waals surface area contributed by atoms with Crippen LogP contribution in [0.25, 0.3) is 5.95 Å². The molecule has 2 aromatic rings. The number of hydrogen-bond acceptors (Lipinski definition) is 7. The highest BCUT2D eigenvalue weighted by atomic mass is 16.5. The monoisotopic (exact) mass is 291 g/mol. The molecule has 0 bridgehead atoms. The van der Waals surface area contributed by atoms with Crippen LogP contribution >= 0.6 is 0 Å². The highest BCUT2D eigenvalue weighted by Gasteiger charge is 2.07. The van der Waals surface area contributed by atoms with E-state index in [1.165, 1.54) is 0 Å². The zero-order chi connectivity index (χ0) is 14.9. The van der Waals surface area contributed by atoms with Crippen molar-refractivity contribution in [1.29, 1.82) is 0 Å². The van der Waals surface area contributed by atoms with Gasteiger partial charge >= 0.3 is 0 Å². The molecule has 21 heavy (non-hydrogen) atoms. The van der Waals surface area contributed by atoms with Crippen molar-refractivity contribution in [1.82, 2.24) is 24.7 Å². The van der Waals surface area contributed by atoms with Gasteiger partial charge in [0.2, 0.25) is 11.9 Å². The lowest BCUT2D eigenvalue weighted by Crippen LogP contribution is -2.14. The third-order valence-corrected chi connectivity index (χ3v) is 2.62. The maximum atomic E-state index is 5.30. The predicted octanol–water partition coefficient (Wildman–Crippen LogP) is 1.33. The molecule has 0 aromatic carbocycles. The van der Waals surface area contributed by atoms with Gasteiger partial charge in [-0.15, -0.1) is 0 Å². The molecule has 0 spiro atoms.